The summed E-state index contributed by atoms with van der Waals surface area (Å²) in [5, 5.41) is 0. The van der Waals surface area contributed by atoms with Crippen LogP contribution in [0.2, 0.25) is 0 Å². The van der Waals surface area contributed by atoms with Crippen LogP contribution in [0, 0.1) is 6.92 Å². The second-order valence-electron chi connectivity index (χ2n) is 5.76. The number of nitrogens with zero attached hydrogens (tertiary/aromatic N) is 4. The Balaban J connectivity index is 1.88. The van der Waals surface area contributed by atoms with Crippen molar-refractivity contribution in [2.75, 3.05) is 36.9 Å². The van der Waals surface area contributed by atoms with E-state index in [-0.39, 0.29) is 0 Å². The van der Waals surface area contributed by atoms with Gasteiger partial charge in [-0.3, -0.25) is 4.40 Å². The Kier molecular flexibility index (Phi) is 3.38. The van der Waals surface area contributed by atoms with E-state index in [2.05, 4.69) is 21.2 Å². The average Bonchev–Trinajstić information content (AvgIpc) is 2.97. The van der Waals surface area contributed by atoms with Crippen molar-refractivity contribution in [3.05, 3.63) is 42.4 Å². The highest BCUT2D eigenvalue weighted by Crippen LogP contribution is 2.26. The normalized spacial score (nSPS) is 15.3. The lowest BCUT2D eigenvalue weighted by Crippen LogP contribution is -2.37. The summed E-state index contributed by atoms with van der Waals surface area (Å²) in [6.07, 6.45) is 3.92. The lowest BCUT2D eigenvalue weighted by atomic mass is 10.1. The van der Waals surface area contributed by atoms with Crippen molar-refractivity contribution < 1.29 is 4.74 Å². The standard InChI is InChI=1S/C17H19N5O/c1-12-10-19-16-17(21-6-8-23-9-7-21)20-15(11-22(12)16)13-2-4-14(18)5-3-13/h2-5,10-11H,6-9,18H2,1H3. The van der Waals surface area contributed by atoms with Crippen molar-refractivity contribution in [3.63, 3.8) is 0 Å². The quantitative estimate of drug-likeness (QED) is 0.734. The monoisotopic (exact) mass is 309 g/mol. The van der Waals surface area contributed by atoms with Gasteiger partial charge in [0.25, 0.3) is 0 Å². The molecule has 23 heavy (non-hydrogen) atoms. The first-order valence-electron chi connectivity index (χ1n) is 7.76. The molecule has 0 radical (unpaired) electrons. The minimum Gasteiger partial charge on any atom is -0.399 e. The van der Waals surface area contributed by atoms with Crippen molar-refractivity contribution in [1.29, 1.82) is 0 Å². The zero-order valence-corrected chi connectivity index (χ0v) is 13.1. The van der Waals surface area contributed by atoms with Gasteiger partial charge in [0.05, 0.1) is 18.9 Å². The van der Waals surface area contributed by atoms with Crippen molar-refractivity contribution in [3.8, 4) is 11.3 Å². The molecule has 4 rings (SSSR count). The molecule has 3 aromatic rings. The fraction of sp³-hybridized carbons (Fsp3) is 0.294. The molecule has 1 saturated heterocycles. The van der Waals surface area contributed by atoms with Gasteiger partial charge in [-0.2, -0.15) is 0 Å². The van der Waals surface area contributed by atoms with E-state index in [1.54, 1.807) is 0 Å². The first kappa shape index (κ1) is 14.0. The molecule has 0 saturated carbocycles. The van der Waals surface area contributed by atoms with Crippen LogP contribution in [0.4, 0.5) is 11.5 Å². The summed E-state index contributed by atoms with van der Waals surface area (Å²) in [6.45, 7) is 5.16. The number of aromatic nitrogens is 3. The highest BCUT2D eigenvalue weighted by atomic mass is 16.5. The smallest absolute Gasteiger partial charge is 0.180 e. The van der Waals surface area contributed by atoms with Gasteiger partial charge in [-0.1, -0.05) is 12.1 Å². The molecule has 0 aliphatic carbocycles. The SMILES string of the molecule is Cc1cnc2c(N3CCOCC3)nc(-c3ccc(N)cc3)cn12. The molecule has 2 aromatic heterocycles. The van der Waals surface area contributed by atoms with Crippen LogP contribution in [0.5, 0.6) is 0 Å². The van der Waals surface area contributed by atoms with Crippen LogP contribution in [-0.2, 0) is 4.74 Å². The lowest BCUT2D eigenvalue weighted by Gasteiger charge is -2.28. The topological polar surface area (TPSA) is 68.7 Å². The summed E-state index contributed by atoms with van der Waals surface area (Å²) < 4.78 is 7.56. The molecule has 1 aliphatic heterocycles. The number of rotatable bonds is 2. The molecule has 1 aromatic carbocycles. The maximum atomic E-state index is 5.79. The third-order valence-corrected chi connectivity index (χ3v) is 4.18. The summed E-state index contributed by atoms with van der Waals surface area (Å²) in [4.78, 5) is 11.7. The average molecular weight is 309 g/mol. The molecular weight excluding hydrogens is 290 g/mol. The lowest BCUT2D eigenvalue weighted by molar-refractivity contribution is 0.122. The number of morpholine rings is 1. The molecule has 1 aliphatic rings. The van der Waals surface area contributed by atoms with Crippen molar-refractivity contribution >= 4 is 17.2 Å². The summed E-state index contributed by atoms with van der Waals surface area (Å²) >= 11 is 0. The Hall–Kier alpha value is -2.60. The molecule has 6 heteroatoms. The highest BCUT2D eigenvalue weighted by Gasteiger charge is 2.19. The first-order valence-corrected chi connectivity index (χ1v) is 7.76. The Morgan fingerprint density at radius 2 is 1.87 bits per heavy atom. The Morgan fingerprint density at radius 1 is 1.13 bits per heavy atom. The number of ether oxygens (including phenoxy) is 1. The second-order valence-corrected chi connectivity index (χ2v) is 5.76. The maximum absolute atomic E-state index is 5.79. The number of nitrogen functional groups attached to an aromatic ring is 1. The predicted molar refractivity (Wildman–Crippen MR) is 90.6 cm³/mol. The summed E-state index contributed by atoms with van der Waals surface area (Å²) in [7, 11) is 0. The molecule has 0 bridgehead atoms. The number of aryl methyl sites for hydroxylation is 1. The van der Waals surface area contributed by atoms with E-state index in [0.29, 0.717) is 0 Å². The molecule has 6 nitrogen and oxygen atoms in total. The fourth-order valence-corrected chi connectivity index (χ4v) is 2.87. The molecule has 3 heterocycles. The molecule has 2 N–H and O–H groups in total. The number of benzene rings is 1. The molecule has 118 valence electrons. The molecular formula is C17H19N5O. The van der Waals surface area contributed by atoms with Crippen LogP contribution in [0.1, 0.15) is 5.69 Å². The van der Waals surface area contributed by atoms with Gasteiger partial charge in [0.1, 0.15) is 0 Å². The zero-order valence-electron chi connectivity index (χ0n) is 13.1. The minimum absolute atomic E-state index is 0.722. The maximum Gasteiger partial charge on any atom is 0.180 e. The van der Waals surface area contributed by atoms with Crippen LogP contribution < -0.4 is 10.6 Å². The van der Waals surface area contributed by atoms with Crippen LogP contribution >= 0.6 is 0 Å². The number of imidazole rings is 1. The number of fused-ring (bicyclic) bond motifs is 1. The fourth-order valence-electron chi connectivity index (χ4n) is 2.87. The van der Waals surface area contributed by atoms with Gasteiger partial charge in [-0.05, 0) is 19.1 Å². The molecule has 1 fully saturated rings. The largest absolute Gasteiger partial charge is 0.399 e. The van der Waals surface area contributed by atoms with Gasteiger partial charge < -0.3 is 15.4 Å². The van der Waals surface area contributed by atoms with Crippen LogP contribution in [0.25, 0.3) is 16.9 Å². The van der Waals surface area contributed by atoms with E-state index in [1.165, 1.54) is 0 Å². The Labute approximate surface area is 134 Å². The van der Waals surface area contributed by atoms with Crippen LogP contribution in [0.15, 0.2) is 36.7 Å². The summed E-state index contributed by atoms with van der Waals surface area (Å²) in [6, 6.07) is 7.80. The van der Waals surface area contributed by atoms with E-state index < -0.39 is 0 Å². The summed E-state index contributed by atoms with van der Waals surface area (Å²) in [5.74, 6) is 0.913. The van der Waals surface area contributed by atoms with Gasteiger partial charge in [0.15, 0.2) is 11.5 Å². The third kappa shape index (κ3) is 2.51. The first-order chi connectivity index (χ1) is 11.2. The zero-order chi connectivity index (χ0) is 15.8. The van der Waals surface area contributed by atoms with Gasteiger partial charge in [0.2, 0.25) is 0 Å². The van der Waals surface area contributed by atoms with Gasteiger partial charge >= 0.3 is 0 Å². The van der Waals surface area contributed by atoms with Crippen molar-refractivity contribution in [2.24, 2.45) is 0 Å². The minimum atomic E-state index is 0.722. The number of hydrogen-bond donors (Lipinski definition) is 1. The van der Waals surface area contributed by atoms with E-state index in [1.807, 2.05) is 36.7 Å². The van der Waals surface area contributed by atoms with Crippen molar-refractivity contribution in [2.45, 2.75) is 6.92 Å². The Morgan fingerprint density at radius 3 is 2.61 bits per heavy atom. The van der Waals surface area contributed by atoms with E-state index in [9.17, 15) is 0 Å². The number of hydrogen-bond acceptors (Lipinski definition) is 5. The van der Waals surface area contributed by atoms with E-state index in [0.717, 1.165) is 60.4 Å². The number of anilines is 2. The molecule has 0 amide bonds. The van der Waals surface area contributed by atoms with E-state index in [4.69, 9.17) is 15.5 Å². The van der Waals surface area contributed by atoms with Gasteiger partial charge in [0, 0.05) is 42.4 Å². The third-order valence-electron chi connectivity index (χ3n) is 4.18. The van der Waals surface area contributed by atoms with Crippen LogP contribution in [-0.4, -0.2) is 40.7 Å². The predicted octanol–water partition coefficient (Wildman–Crippen LogP) is 2.12. The van der Waals surface area contributed by atoms with E-state index >= 15 is 0 Å². The van der Waals surface area contributed by atoms with Crippen molar-refractivity contribution in [1.82, 2.24) is 14.4 Å². The molecule has 0 unspecified atom stereocenters. The molecule has 0 atom stereocenters. The Bertz CT molecular complexity index is 834. The highest BCUT2D eigenvalue weighted by molar-refractivity contribution is 5.71. The van der Waals surface area contributed by atoms with Crippen LogP contribution in [0.3, 0.4) is 0 Å². The van der Waals surface area contributed by atoms with Gasteiger partial charge in [-0.25, -0.2) is 9.97 Å². The number of nitrogens with two attached hydrogens (primary N) is 1. The van der Waals surface area contributed by atoms with Gasteiger partial charge in [-0.15, -0.1) is 0 Å². The summed E-state index contributed by atoms with van der Waals surface area (Å²) in [5.41, 5.74) is 10.5. The second kappa shape index (κ2) is 5.55. The molecule has 0 spiro atoms.